The molecule has 0 aromatic heterocycles. The minimum atomic E-state index is 0. The number of nitriles is 1. The number of hydrogen-bond donors (Lipinski definition) is 1. The van der Waals surface area contributed by atoms with E-state index in [4.69, 9.17) is 5.26 Å². The number of nitrogens with one attached hydrogen (secondary N) is 1. The van der Waals surface area contributed by atoms with Crippen LogP contribution < -0.4 is 5.32 Å². The molecule has 1 amide bonds. The Labute approximate surface area is 193 Å². The Bertz CT molecular complexity index is 694. The van der Waals surface area contributed by atoms with E-state index in [2.05, 4.69) is 52.7 Å². The summed E-state index contributed by atoms with van der Waals surface area (Å²) < 4.78 is 0. The molecular formula is C24H35Cl2N3O. The maximum absolute atomic E-state index is 11.9. The van der Waals surface area contributed by atoms with Gasteiger partial charge >= 0.3 is 0 Å². The molecule has 1 N–H and O–H groups in total. The monoisotopic (exact) mass is 451 g/mol. The highest BCUT2D eigenvalue weighted by Crippen LogP contribution is 2.28. The van der Waals surface area contributed by atoms with Gasteiger partial charge in [0, 0.05) is 32.0 Å². The number of carbonyl (C=O) groups is 1. The molecule has 1 aliphatic carbocycles. The Balaban J connectivity index is 0.00000225. The Morgan fingerprint density at radius 1 is 1.13 bits per heavy atom. The summed E-state index contributed by atoms with van der Waals surface area (Å²) in [5, 5.41) is 11.7. The van der Waals surface area contributed by atoms with Crippen LogP contribution in [0, 0.1) is 17.2 Å². The zero-order valence-electron chi connectivity index (χ0n) is 17.7. The van der Waals surface area contributed by atoms with Crippen molar-refractivity contribution in [3.8, 4) is 6.07 Å². The molecular weight excluding hydrogens is 417 g/mol. The van der Waals surface area contributed by atoms with Gasteiger partial charge in [-0.2, -0.15) is 5.26 Å². The zero-order valence-corrected chi connectivity index (χ0v) is 19.4. The number of benzene rings is 1. The van der Waals surface area contributed by atoms with Crippen LogP contribution in [0.3, 0.4) is 0 Å². The van der Waals surface area contributed by atoms with E-state index in [0.29, 0.717) is 25.3 Å². The second-order valence-corrected chi connectivity index (χ2v) is 8.23. The third-order valence-electron chi connectivity index (χ3n) is 6.20. The first kappa shape index (κ1) is 26.5. The van der Waals surface area contributed by atoms with Gasteiger partial charge in [-0.3, -0.25) is 9.69 Å². The van der Waals surface area contributed by atoms with E-state index in [1.807, 2.05) is 0 Å². The molecule has 30 heavy (non-hydrogen) atoms. The maximum Gasteiger partial charge on any atom is 0.220 e. The molecule has 1 aliphatic heterocycles. The van der Waals surface area contributed by atoms with E-state index < -0.39 is 0 Å². The van der Waals surface area contributed by atoms with Gasteiger partial charge in [0.1, 0.15) is 0 Å². The van der Waals surface area contributed by atoms with Gasteiger partial charge < -0.3 is 5.32 Å². The van der Waals surface area contributed by atoms with Crippen molar-refractivity contribution >= 4 is 36.3 Å². The quantitative estimate of drug-likeness (QED) is 0.539. The lowest BCUT2D eigenvalue weighted by Gasteiger charge is -2.32. The van der Waals surface area contributed by atoms with Gasteiger partial charge in [-0.05, 0) is 68.5 Å². The van der Waals surface area contributed by atoms with E-state index in [1.54, 1.807) is 0 Å². The maximum atomic E-state index is 11.9. The summed E-state index contributed by atoms with van der Waals surface area (Å²) in [6.07, 6.45) is 11.1. The third-order valence-corrected chi connectivity index (χ3v) is 6.20. The van der Waals surface area contributed by atoms with Crippen molar-refractivity contribution in [1.29, 1.82) is 5.26 Å². The van der Waals surface area contributed by atoms with Crippen molar-refractivity contribution < 1.29 is 4.79 Å². The predicted molar refractivity (Wildman–Crippen MR) is 128 cm³/mol. The van der Waals surface area contributed by atoms with Crippen molar-refractivity contribution in [2.24, 2.45) is 5.92 Å². The van der Waals surface area contributed by atoms with Crippen LogP contribution in [0.4, 0.5) is 0 Å². The van der Waals surface area contributed by atoms with E-state index in [1.165, 1.54) is 36.9 Å². The fourth-order valence-corrected chi connectivity index (χ4v) is 4.42. The van der Waals surface area contributed by atoms with Crippen LogP contribution in [-0.4, -0.2) is 36.5 Å². The molecule has 0 radical (unpaired) electrons. The lowest BCUT2D eigenvalue weighted by atomic mass is 9.84. The van der Waals surface area contributed by atoms with Crippen LogP contribution in [0.15, 0.2) is 36.4 Å². The highest BCUT2D eigenvalue weighted by molar-refractivity contribution is 5.85. The van der Waals surface area contributed by atoms with Gasteiger partial charge in [0.05, 0.1) is 6.07 Å². The number of carbonyl (C=O) groups excluding carboxylic acids is 1. The molecule has 6 heteroatoms. The fraction of sp³-hybridized carbons (Fsp3) is 0.583. The minimum Gasteiger partial charge on any atom is -0.353 e. The SMILES string of the molecule is Cl.Cl.N#CCCCC(=O)NC1CCC(CCN2CC=C(c3ccccc3)CC2)CC1. The van der Waals surface area contributed by atoms with Gasteiger partial charge in [-0.1, -0.05) is 36.4 Å². The number of halogens is 2. The van der Waals surface area contributed by atoms with Gasteiger partial charge in [-0.25, -0.2) is 0 Å². The minimum absolute atomic E-state index is 0. The molecule has 0 unspecified atom stereocenters. The number of rotatable bonds is 8. The standard InChI is InChI=1S/C24H33N3O.2ClH/c25-16-5-4-8-24(28)26-23-11-9-20(10-12-23)13-17-27-18-14-22(15-19-27)21-6-2-1-3-7-21;;/h1-3,6-7,14,20,23H,4-5,8-13,15,17-19H2,(H,26,28);2*1H. The van der Waals surface area contributed by atoms with E-state index >= 15 is 0 Å². The van der Waals surface area contributed by atoms with Crippen LogP contribution in [0.1, 0.15) is 63.4 Å². The smallest absolute Gasteiger partial charge is 0.220 e. The number of unbranched alkanes of at least 4 members (excludes halogenated alkanes) is 1. The Hall–Kier alpha value is -1.54. The lowest BCUT2D eigenvalue weighted by molar-refractivity contribution is -0.122. The van der Waals surface area contributed by atoms with Crippen molar-refractivity contribution in [2.45, 2.75) is 63.8 Å². The Morgan fingerprint density at radius 2 is 1.87 bits per heavy atom. The van der Waals surface area contributed by atoms with Gasteiger partial charge in [0.15, 0.2) is 0 Å². The van der Waals surface area contributed by atoms with Crippen molar-refractivity contribution in [1.82, 2.24) is 10.2 Å². The molecule has 0 saturated heterocycles. The van der Waals surface area contributed by atoms with Gasteiger partial charge in [0.25, 0.3) is 0 Å². The third kappa shape index (κ3) is 8.68. The summed E-state index contributed by atoms with van der Waals surface area (Å²) in [5.41, 5.74) is 2.86. The predicted octanol–water partition coefficient (Wildman–Crippen LogP) is 5.38. The molecule has 4 nitrogen and oxygen atoms in total. The summed E-state index contributed by atoms with van der Waals surface area (Å²) in [4.78, 5) is 14.5. The fourth-order valence-electron chi connectivity index (χ4n) is 4.42. The zero-order chi connectivity index (χ0) is 19.6. The number of hydrogen-bond acceptors (Lipinski definition) is 3. The molecule has 0 atom stereocenters. The van der Waals surface area contributed by atoms with E-state index in [0.717, 1.165) is 38.3 Å². The lowest BCUT2D eigenvalue weighted by Crippen LogP contribution is -2.38. The summed E-state index contributed by atoms with van der Waals surface area (Å²) in [6, 6.07) is 13.2. The van der Waals surface area contributed by atoms with Crippen molar-refractivity contribution in [3.63, 3.8) is 0 Å². The first-order chi connectivity index (χ1) is 13.7. The summed E-state index contributed by atoms with van der Waals surface area (Å²) >= 11 is 0. The van der Waals surface area contributed by atoms with Crippen molar-refractivity contribution in [2.75, 3.05) is 19.6 Å². The highest BCUT2D eigenvalue weighted by Gasteiger charge is 2.23. The van der Waals surface area contributed by atoms with E-state index in [9.17, 15) is 4.79 Å². The first-order valence-corrected chi connectivity index (χ1v) is 10.9. The van der Waals surface area contributed by atoms with Crippen LogP contribution in [0.5, 0.6) is 0 Å². The van der Waals surface area contributed by atoms with Gasteiger partial charge in [-0.15, -0.1) is 24.8 Å². The molecule has 0 bridgehead atoms. The van der Waals surface area contributed by atoms with Crippen LogP contribution in [0.2, 0.25) is 0 Å². The number of nitrogens with zero attached hydrogens (tertiary/aromatic N) is 2. The van der Waals surface area contributed by atoms with E-state index in [-0.39, 0.29) is 30.7 Å². The van der Waals surface area contributed by atoms with Crippen LogP contribution in [-0.2, 0) is 4.79 Å². The number of amides is 1. The van der Waals surface area contributed by atoms with Gasteiger partial charge in [0.2, 0.25) is 5.91 Å². The molecule has 1 heterocycles. The summed E-state index contributed by atoms with van der Waals surface area (Å²) in [7, 11) is 0. The molecule has 2 aliphatic rings. The summed E-state index contributed by atoms with van der Waals surface area (Å²) in [6.45, 7) is 3.42. The molecule has 3 rings (SSSR count). The molecule has 1 aromatic carbocycles. The molecule has 1 fully saturated rings. The highest BCUT2D eigenvalue weighted by atomic mass is 35.5. The van der Waals surface area contributed by atoms with Crippen LogP contribution >= 0.6 is 24.8 Å². The van der Waals surface area contributed by atoms with Crippen molar-refractivity contribution in [3.05, 3.63) is 42.0 Å². The molecule has 0 spiro atoms. The molecule has 166 valence electrons. The van der Waals surface area contributed by atoms with Crippen LogP contribution in [0.25, 0.3) is 5.57 Å². The molecule has 1 aromatic rings. The average Bonchev–Trinajstić information content (AvgIpc) is 2.74. The topological polar surface area (TPSA) is 56.1 Å². The largest absolute Gasteiger partial charge is 0.353 e. The Morgan fingerprint density at radius 3 is 2.50 bits per heavy atom. The second kappa shape index (κ2) is 14.5. The average molecular weight is 452 g/mol. The first-order valence-electron chi connectivity index (χ1n) is 10.9. The Kier molecular flexibility index (Phi) is 12.8. The summed E-state index contributed by atoms with van der Waals surface area (Å²) in [5.74, 6) is 0.916. The second-order valence-electron chi connectivity index (χ2n) is 8.23. The normalized spacial score (nSPS) is 21.4. The molecule has 1 saturated carbocycles.